The summed E-state index contributed by atoms with van der Waals surface area (Å²) >= 11 is 1.81. The predicted octanol–water partition coefficient (Wildman–Crippen LogP) is 3.39. The Kier molecular flexibility index (Phi) is 3.39. The zero-order valence-electron chi connectivity index (χ0n) is 11.3. The van der Waals surface area contributed by atoms with Gasteiger partial charge in [-0.15, -0.1) is 11.3 Å². The average molecular weight is 279 g/mol. The summed E-state index contributed by atoms with van der Waals surface area (Å²) in [7, 11) is 0. The van der Waals surface area contributed by atoms with Crippen LogP contribution in [0.2, 0.25) is 0 Å². The Morgan fingerprint density at radius 3 is 2.89 bits per heavy atom. The van der Waals surface area contributed by atoms with Crippen LogP contribution in [-0.4, -0.2) is 29.1 Å². The number of likely N-dealkylation sites (tertiary alicyclic amines) is 1. The van der Waals surface area contributed by atoms with E-state index in [1.807, 2.05) is 18.3 Å². The second-order valence-corrected chi connectivity index (χ2v) is 6.94. The van der Waals surface area contributed by atoms with Crippen LogP contribution in [0.4, 0.5) is 0 Å². The van der Waals surface area contributed by atoms with Gasteiger partial charge in [0.2, 0.25) is 0 Å². The van der Waals surface area contributed by atoms with Crippen molar-refractivity contribution >= 4 is 17.3 Å². The van der Waals surface area contributed by atoms with Crippen LogP contribution in [0.25, 0.3) is 0 Å². The first-order valence-electron chi connectivity index (χ1n) is 7.17. The molecule has 1 saturated heterocycles. The molecule has 3 nitrogen and oxygen atoms in total. The molecule has 1 aliphatic heterocycles. The van der Waals surface area contributed by atoms with Crippen molar-refractivity contribution in [1.29, 1.82) is 0 Å². The van der Waals surface area contributed by atoms with E-state index in [2.05, 4.69) is 22.4 Å². The molecule has 2 unspecified atom stereocenters. The van der Waals surface area contributed by atoms with Crippen molar-refractivity contribution in [1.82, 2.24) is 4.90 Å². The maximum Gasteiger partial charge on any atom is 0.310 e. The van der Waals surface area contributed by atoms with Crippen LogP contribution in [0.5, 0.6) is 0 Å². The molecule has 3 rings (SSSR count). The van der Waals surface area contributed by atoms with Gasteiger partial charge in [-0.2, -0.15) is 0 Å². The van der Waals surface area contributed by atoms with Crippen LogP contribution >= 0.6 is 11.3 Å². The van der Waals surface area contributed by atoms with Crippen molar-refractivity contribution < 1.29 is 9.90 Å². The fourth-order valence-corrected chi connectivity index (χ4v) is 4.29. The van der Waals surface area contributed by atoms with Gasteiger partial charge in [-0.1, -0.05) is 13.0 Å². The molecule has 1 aliphatic carbocycles. The highest BCUT2D eigenvalue weighted by molar-refractivity contribution is 7.10. The second kappa shape index (κ2) is 4.91. The minimum Gasteiger partial charge on any atom is -0.481 e. The summed E-state index contributed by atoms with van der Waals surface area (Å²) in [5, 5.41) is 11.7. The van der Waals surface area contributed by atoms with E-state index in [0.717, 1.165) is 31.8 Å². The second-order valence-electron chi connectivity index (χ2n) is 5.96. The summed E-state index contributed by atoms with van der Waals surface area (Å²) in [6.07, 6.45) is 4.13. The molecular weight excluding hydrogens is 258 g/mol. The normalized spacial score (nSPS) is 29.5. The van der Waals surface area contributed by atoms with Gasteiger partial charge in [-0.05, 0) is 49.6 Å². The van der Waals surface area contributed by atoms with Gasteiger partial charge in [0.15, 0.2) is 0 Å². The van der Waals surface area contributed by atoms with E-state index in [-0.39, 0.29) is 0 Å². The molecule has 4 heteroatoms. The minimum atomic E-state index is -0.613. The van der Waals surface area contributed by atoms with Crippen molar-refractivity contribution in [2.24, 2.45) is 11.3 Å². The fourth-order valence-electron chi connectivity index (χ4n) is 3.34. The van der Waals surface area contributed by atoms with Crippen LogP contribution in [0.1, 0.15) is 43.5 Å². The molecule has 2 atom stereocenters. The van der Waals surface area contributed by atoms with Crippen molar-refractivity contribution in [3.05, 3.63) is 22.4 Å². The number of carbonyl (C=O) groups is 1. The number of thiophene rings is 1. The van der Waals surface area contributed by atoms with Gasteiger partial charge in [0.25, 0.3) is 0 Å². The lowest BCUT2D eigenvalue weighted by molar-refractivity contribution is -0.148. The molecule has 19 heavy (non-hydrogen) atoms. The van der Waals surface area contributed by atoms with E-state index in [1.165, 1.54) is 17.7 Å². The standard InChI is InChI=1S/C15H21NO2S/c1-2-15(14(17)18)7-8-16(10-15)13(11-5-6-11)12-4-3-9-19-12/h3-4,9,11,13H,2,5-8,10H2,1H3,(H,17,18). The highest BCUT2D eigenvalue weighted by Gasteiger charge is 2.48. The van der Waals surface area contributed by atoms with Crippen LogP contribution in [-0.2, 0) is 4.79 Å². The van der Waals surface area contributed by atoms with E-state index >= 15 is 0 Å². The molecule has 1 aromatic rings. The highest BCUT2D eigenvalue weighted by Crippen LogP contribution is 2.49. The monoisotopic (exact) mass is 279 g/mol. The number of aliphatic carboxylic acids is 1. The Morgan fingerprint density at radius 1 is 1.63 bits per heavy atom. The van der Waals surface area contributed by atoms with Gasteiger partial charge in [-0.25, -0.2) is 0 Å². The largest absolute Gasteiger partial charge is 0.481 e. The highest BCUT2D eigenvalue weighted by atomic mass is 32.1. The number of hydrogen-bond donors (Lipinski definition) is 1. The number of nitrogens with zero attached hydrogens (tertiary/aromatic N) is 1. The Hall–Kier alpha value is -0.870. The summed E-state index contributed by atoms with van der Waals surface area (Å²) in [5.74, 6) is 0.137. The van der Waals surface area contributed by atoms with Gasteiger partial charge in [-0.3, -0.25) is 9.69 Å². The maximum absolute atomic E-state index is 11.6. The molecule has 104 valence electrons. The molecule has 2 heterocycles. The van der Waals surface area contributed by atoms with E-state index in [1.54, 1.807) is 0 Å². The molecule has 0 amide bonds. The summed E-state index contributed by atoms with van der Waals surface area (Å²) in [6, 6.07) is 4.78. The van der Waals surface area contributed by atoms with E-state index in [9.17, 15) is 9.90 Å². The topological polar surface area (TPSA) is 40.5 Å². The van der Waals surface area contributed by atoms with Crippen molar-refractivity contribution in [3.8, 4) is 0 Å². The third kappa shape index (κ3) is 2.32. The van der Waals surface area contributed by atoms with E-state index in [0.29, 0.717) is 6.04 Å². The smallest absolute Gasteiger partial charge is 0.310 e. The summed E-state index contributed by atoms with van der Waals surface area (Å²) in [4.78, 5) is 15.4. The molecule has 2 aliphatic rings. The van der Waals surface area contributed by atoms with Gasteiger partial charge < -0.3 is 5.11 Å². The predicted molar refractivity (Wildman–Crippen MR) is 76.3 cm³/mol. The van der Waals surface area contributed by atoms with Gasteiger partial charge >= 0.3 is 5.97 Å². The third-order valence-electron chi connectivity index (χ3n) is 4.81. The Morgan fingerprint density at radius 2 is 2.42 bits per heavy atom. The number of rotatable bonds is 5. The van der Waals surface area contributed by atoms with Crippen LogP contribution < -0.4 is 0 Å². The van der Waals surface area contributed by atoms with Crippen LogP contribution in [0.3, 0.4) is 0 Å². The first kappa shape index (κ1) is 13.1. The van der Waals surface area contributed by atoms with Gasteiger partial charge in [0, 0.05) is 17.5 Å². The zero-order valence-corrected chi connectivity index (χ0v) is 12.2. The van der Waals surface area contributed by atoms with E-state index in [4.69, 9.17) is 0 Å². The average Bonchev–Trinajstić information content (AvgIpc) is 2.93. The molecule has 1 N–H and O–H groups in total. The zero-order chi connectivity index (χ0) is 13.5. The Labute approximate surface area is 118 Å². The van der Waals surface area contributed by atoms with Gasteiger partial charge in [0.1, 0.15) is 0 Å². The Bertz CT molecular complexity index is 455. The number of carboxylic acids is 1. The SMILES string of the molecule is CCC1(C(=O)O)CCN(C(c2cccs2)C2CC2)C1. The number of hydrogen-bond acceptors (Lipinski definition) is 3. The molecular formula is C15H21NO2S. The Balaban J connectivity index is 1.80. The minimum absolute atomic E-state index is 0.466. The molecule has 1 saturated carbocycles. The van der Waals surface area contributed by atoms with Gasteiger partial charge in [0.05, 0.1) is 5.41 Å². The molecule has 2 fully saturated rings. The molecule has 0 aromatic carbocycles. The molecule has 0 bridgehead atoms. The fraction of sp³-hybridized carbons (Fsp3) is 0.667. The summed E-state index contributed by atoms with van der Waals surface area (Å²) < 4.78 is 0. The lowest BCUT2D eigenvalue weighted by atomic mass is 9.84. The van der Waals surface area contributed by atoms with E-state index < -0.39 is 11.4 Å². The molecule has 0 radical (unpaired) electrons. The van der Waals surface area contributed by atoms with Crippen LogP contribution in [0, 0.1) is 11.3 Å². The molecule has 0 spiro atoms. The number of carboxylic acid groups (broad SMARTS) is 1. The molecule has 1 aromatic heterocycles. The first-order valence-corrected chi connectivity index (χ1v) is 8.05. The van der Waals surface area contributed by atoms with Crippen LogP contribution in [0.15, 0.2) is 17.5 Å². The lowest BCUT2D eigenvalue weighted by Gasteiger charge is -2.29. The quantitative estimate of drug-likeness (QED) is 0.898. The van der Waals surface area contributed by atoms with Crippen molar-refractivity contribution in [3.63, 3.8) is 0 Å². The lowest BCUT2D eigenvalue weighted by Crippen LogP contribution is -2.35. The first-order chi connectivity index (χ1) is 9.16. The van der Waals surface area contributed by atoms with Crippen molar-refractivity contribution in [2.75, 3.05) is 13.1 Å². The third-order valence-corrected chi connectivity index (χ3v) is 5.75. The van der Waals surface area contributed by atoms with Crippen molar-refractivity contribution in [2.45, 2.75) is 38.6 Å². The summed E-state index contributed by atoms with van der Waals surface area (Å²) in [5.41, 5.74) is -0.510. The maximum atomic E-state index is 11.6. The summed E-state index contributed by atoms with van der Waals surface area (Å²) in [6.45, 7) is 3.66.